The second-order valence-corrected chi connectivity index (χ2v) is 7.03. The van der Waals surface area contributed by atoms with Crippen LogP contribution in [0.15, 0.2) is 29.1 Å². The molecule has 0 spiro atoms. The van der Waals surface area contributed by atoms with Crippen LogP contribution in [0.1, 0.15) is 41.1 Å². The van der Waals surface area contributed by atoms with Crippen molar-refractivity contribution in [3.63, 3.8) is 0 Å². The highest BCUT2D eigenvalue weighted by Gasteiger charge is 2.38. The molecule has 2 aromatic rings. The molecule has 3 heterocycles. The largest absolute Gasteiger partial charge is 0.311 e. The molecular formula is C19H23N3O. The molecule has 1 aromatic carbocycles. The lowest BCUT2D eigenvalue weighted by Gasteiger charge is -2.27. The fourth-order valence-electron chi connectivity index (χ4n) is 4.12. The van der Waals surface area contributed by atoms with Crippen molar-refractivity contribution >= 4 is 0 Å². The highest BCUT2D eigenvalue weighted by atomic mass is 16.1. The summed E-state index contributed by atoms with van der Waals surface area (Å²) in [4.78, 5) is 22.4. The smallest absolute Gasteiger partial charge is 0.254 e. The fraction of sp³-hybridized carbons (Fsp3) is 0.474. The van der Waals surface area contributed by atoms with Crippen molar-refractivity contribution in [1.29, 1.82) is 0 Å². The zero-order valence-electron chi connectivity index (χ0n) is 13.8. The van der Waals surface area contributed by atoms with Crippen LogP contribution in [-0.4, -0.2) is 27.0 Å². The highest BCUT2D eigenvalue weighted by Crippen LogP contribution is 2.33. The first-order chi connectivity index (χ1) is 11.1. The van der Waals surface area contributed by atoms with E-state index in [9.17, 15) is 4.79 Å². The van der Waals surface area contributed by atoms with Crippen molar-refractivity contribution in [3.05, 3.63) is 62.8 Å². The topological polar surface area (TPSA) is 49.0 Å². The van der Waals surface area contributed by atoms with Crippen LogP contribution in [0, 0.1) is 13.8 Å². The van der Waals surface area contributed by atoms with Gasteiger partial charge in [-0.2, -0.15) is 0 Å². The summed E-state index contributed by atoms with van der Waals surface area (Å²) in [5.41, 5.74) is 4.65. The lowest BCUT2D eigenvalue weighted by molar-refractivity contribution is 0.187. The van der Waals surface area contributed by atoms with Gasteiger partial charge in [0.05, 0.1) is 5.69 Å². The number of aromatic amines is 1. The molecule has 2 aliphatic rings. The van der Waals surface area contributed by atoms with E-state index in [0.717, 1.165) is 36.5 Å². The zero-order valence-corrected chi connectivity index (χ0v) is 13.8. The average molecular weight is 309 g/mol. The van der Waals surface area contributed by atoms with Crippen LogP contribution in [0.3, 0.4) is 0 Å². The van der Waals surface area contributed by atoms with E-state index >= 15 is 0 Å². The third kappa shape index (κ3) is 2.72. The van der Waals surface area contributed by atoms with Crippen LogP contribution < -0.4 is 5.56 Å². The SMILES string of the molecule is Cc1ccc(CN2[C@@H]3CC[C@H]2Cc2c(nc(C)[nH]c2=O)C3)cc1. The molecule has 120 valence electrons. The minimum atomic E-state index is 0.0651. The first-order valence-electron chi connectivity index (χ1n) is 8.50. The summed E-state index contributed by atoms with van der Waals surface area (Å²) in [7, 11) is 0. The molecule has 2 aliphatic heterocycles. The van der Waals surface area contributed by atoms with E-state index < -0.39 is 0 Å². The van der Waals surface area contributed by atoms with Gasteiger partial charge in [-0.3, -0.25) is 9.69 Å². The molecular weight excluding hydrogens is 286 g/mol. The van der Waals surface area contributed by atoms with Gasteiger partial charge in [-0.1, -0.05) is 29.8 Å². The highest BCUT2D eigenvalue weighted by molar-refractivity contribution is 5.26. The Morgan fingerprint density at radius 2 is 1.83 bits per heavy atom. The summed E-state index contributed by atoms with van der Waals surface area (Å²) in [6.07, 6.45) is 4.13. The van der Waals surface area contributed by atoms with E-state index in [1.165, 1.54) is 24.0 Å². The number of fused-ring (bicyclic) bond motifs is 3. The minimum absolute atomic E-state index is 0.0651. The summed E-state index contributed by atoms with van der Waals surface area (Å²) in [5.74, 6) is 0.733. The minimum Gasteiger partial charge on any atom is -0.311 e. The molecule has 2 bridgehead atoms. The predicted octanol–water partition coefficient (Wildman–Crippen LogP) is 2.52. The van der Waals surface area contributed by atoms with Gasteiger partial charge in [-0.05, 0) is 38.7 Å². The first kappa shape index (κ1) is 14.6. The number of aryl methyl sites for hydroxylation is 2. The number of benzene rings is 1. The van der Waals surface area contributed by atoms with Crippen molar-refractivity contribution < 1.29 is 0 Å². The lowest BCUT2D eigenvalue weighted by atomic mass is 9.98. The quantitative estimate of drug-likeness (QED) is 0.927. The van der Waals surface area contributed by atoms with Gasteiger partial charge in [0.15, 0.2) is 0 Å². The normalized spacial score (nSPS) is 23.6. The van der Waals surface area contributed by atoms with Crippen molar-refractivity contribution in [1.82, 2.24) is 14.9 Å². The van der Waals surface area contributed by atoms with E-state index in [4.69, 9.17) is 0 Å². The summed E-state index contributed by atoms with van der Waals surface area (Å²) >= 11 is 0. The lowest BCUT2D eigenvalue weighted by Crippen LogP contribution is -2.36. The Balaban J connectivity index is 1.64. The van der Waals surface area contributed by atoms with Crippen molar-refractivity contribution in [3.8, 4) is 0 Å². The van der Waals surface area contributed by atoms with Crippen LogP contribution in [0.5, 0.6) is 0 Å². The molecule has 4 heteroatoms. The third-order valence-corrected chi connectivity index (χ3v) is 5.35. The Morgan fingerprint density at radius 1 is 1.13 bits per heavy atom. The van der Waals surface area contributed by atoms with Crippen molar-refractivity contribution in [2.45, 2.75) is 58.2 Å². The van der Waals surface area contributed by atoms with Crippen molar-refractivity contribution in [2.24, 2.45) is 0 Å². The Labute approximate surface area is 136 Å². The zero-order chi connectivity index (χ0) is 16.0. The van der Waals surface area contributed by atoms with E-state index in [1.807, 2.05) is 6.92 Å². The maximum absolute atomic E-state index is 12.3. The van der Waals surface area contributed by atoms with Crippen LogP contribution >= 0.6 is 0 Å². The molecule has 1 saturated heterocycles. The molecule has 0 saturated carbocycles. The van der Waals surface area contributed by atoms with Gasteiger partial charge in [0.25, 0.3) is 5.56 Å². The summed E-state index contributed by atoms with van der Waals surface area (Å²) in [5, 5.41) is 0. The number of nitrogens with zero attached hydrogens (tertiary/aromatic N) is 2. The molecule has 4 rings (SSSR count). The van der Waals surface area contributed by atoms with Gasteiger partial charge in [0, 0.05) is 30.6 Å². The molecule has 0 radical (unpaired) electrons. The van der Waals surface area contributed by atoms with E-state index in [2.05, 4.69) is 46.1 Å². The maximum atomic E-state index is 12.3. The summed E-state index contributed by atoms with van der Waals surface area (Å²) < 4.78 is 0. The second kappa shape index (κ2) is 5.60. The van der Waals surface area contributed by atoms with Crippen LogP contribution in [0.4, 0.5) is 0 Å². The molecule has 1 aromatic heterocycles. The standard InChI is InChI=1S/C19H23N3O/c1-12-3-5-14(6-4-12)11-22-15-7-8-16(22)10-18-17(9-15)19(23)21-13(2)20-18/h3-6,15-16H,7-11H2,1-2H3,(H,20,21,23)/t15-,16+/m0/s1. The Morgan fingerprint density at radius 3 is 2.57 bits per heavy atom. The van der Waals surface area contributed by atoms with Gasteiger partial charge in [-0.15, -0.1) is 0 Å². The molecule has 1 N–H and O–H groups in total. The Hall–Kier alpha value is -1.94. The monoisotopic (exact) mass is 309 g/mol. The van der Waals surface area contributed by atoms with Gasteiger partial charge in [-0.25, -0.2) is 4.98 Å². The molecule has 2 atom stereocenters. The number of H-pyrrole nitrogens is 1. The number of rotatable bonds is 2. The molecule has 4 nitrogen and oxygen atoms in total. The van der Waals surface area contributed by atoms with E-state index in [-0.39, 0.29) is 5.56 Å². The predicted molar refractivity (Wildman–Crippen MR) is 90.5 cm³/mol. The van der Waals surface area contributed by atoms with Gasteiger partial charge >= 0.3 is 0 Å². The Kier molecular flexibility index (Phi) is 3.57. The summed E-state index contributed by atoms with van der Waals surface area (Å²) in [6, 6.07) is 9.78. The molecule has 0 unspecified atom stereocenters. The third-order valence-electron chi connectivity index (χ3n) is 5.35. The fourth-order valence-corrected chi connectivity index (χ4v) is 4.12. The Bertz CT molecular complexity index is 778. The molecule has 0 aliphatic carbocycles. The van der Waals surface area contributed by atoms with Gasteiger partial charge in [0.2, 0.25) is 0 Å². The molecule has 1 fully saturated rings. The number of nitrogens with one attached hydrogen (secondary N) is 1. The van der Waals surface area contributed by atoms with Gasteiger partial charge < -0.3 is 4.98 Å². The van der Waals surface area contributed by atoms with Crippen LogP contribution in [0.25, 0.3) is 0 Å². The van der Waals surface area contributed by atoms with Crippen molar-refractivity contribution in [2.75, 3.05) is 0 Å². The van der Waals surface area contributed by atoms with Crippen LogP contribution in [0.2, 0.25) is 0 Å². The van der Waals surface area contributed by atoms with Crippen LogP contribution in [-0.2, 0) is 19.4 Å². The number of aromatic nitrogens is 2. The van der Waals surface area contributed by atoms with E-state index in [1.54, 1.807) is 0 Å². The van der Waals surface area contributed by atoms with E-state index in [0.29, 0.717) is 12.1 Å². The van der Waals surface area contributed by atoms with Gasteiger partial charge in [0.1, 0.15) is 5.82 Å². The summed E-state index contributed by atoms with van der Waals surface area (Å²) in [6.45, 7) is 4.96. The number of hydrogen-bond acceptors (Lipinski definition) is 3. The number of hydrogen-bond donors (Lipinski definition) is 1. The average Bonchev–Trinajstić information content (AvgIpc) is 2.78. The maximum Gasteiger partial charge on any atom is 0.254 e. The molecule has 0 amide bonds. The molecule has 23 heavy (non-hydrogen) atoms. The second-order valence-electron chi connectivity index (χ2n) is 7.03. The first-order valence-corrected chi connectivity index (χ1v) is 8.50.